The Bertz CT molecular complexity index is 255. The second kappa shape index (κ2) is 7.45. The lowest BCUT2D eigenvalue weighted by Gasteiger charge is -2.39. The van der Waals surface area contributed by atoms with Crippen molar-refractivity contribution in [1.82, 2.24) is 5.32 Å². The molecule has 1 fully saturated rings. The smallest absolute Gasteiger partial charge is 0.394 e. The molecule has 1 atom stereocenters. The summed E-state index contributed by atoms with van der Waals surface area (Å²) in [6.45, 7) is 1.04. The Labute approximate surface area is 112 Å². The van der Waals surface area contributed by atoms with Gasteiger partial charge in [-0.2, -0.15) is 13.2 Å². The molecule has 0 unspecified atom stereocenters. The number of rotatable bonds is 7. The van der Waals surface area contributed by atoms with Crippen LogP contribution in [-0.2, 0) is 4.74 Å². The normalized spacial score (nSPS) is 21.3. The molecule has 19 heavy (non-hydrogen) atoms. The van der Waals surface area contributed by atoms with Gasteiger partial charge in [0.05, 0.1) is 13.2 Å². The topological polar surface area (TPSA) is 41.5 Å². The van der Waals surface area contributed by atoms with E-state index in [2.05, 4.69) is 10.1 Å². The van der Waals surface area contributed by atoms with Crippen molar-refractivity contribution in [2.45, 2.75) is 50.7 Å². The van der Waals surface area contributed by atoms with Crippen LogP contribution in [0, 0.1) is 5.92 Å². The van der Waals surface area contributed by atoms with E-state index in [1.807, 2.05) is 6.92 Å². The van der Waals surface area contributed by atoms with E-state index in [1.54, 1.807) is 0 Å². The van der Waals surface area contributed by atoms with Crippen LogP contribution in [0.1, 0.15) is 39.0 Å². The highest BCUT2D eigenvalue weighted by molar-refractivity contribution is 4.91. The fraction of sp³-hybridized carbons (Fsp3) is 1.00. The van der Waals surface area contributed by atoms with Crippen LogP contribution >= 0.6 is 0 Å². The van der Waals surface area contributed by atoms with Crippen molar-refractivity contribution in [2.75, 3.05) is 26.4 Å². The molecule has 114 valence electrons. The summed E-state index contributed by atoms with van der Waals surface area (Å²) in [6.07, 6.45) is 1.40. The van der Waals surface area contributed by atoms with Gasteiger partial charge in [-0.1, -0.05) is 19.3 Å². The zero-order valence-corrected chi connectivity index (χ0v) is 11.4. The van der Waals surface area contributed by atoms with E-state index in [4.69, 9.17) is 0 Å². The molecule has 1 rings (SSSR count). The lowest BCUT2D eigenvalue weighted by Crippen LogP contribution is -2.53. The Morgan fingerprint density at radius 2 is 1.84 bits per heavy atom. The van der Waals surface area contributed by atoms with Crippen LogP contribution in [0.25, 0.3) is 0 Å². The molecule has 3 nitrogen and oxygen atoms in total. The van der Waals surface area contributed by atoms with Crippen molar-refractivity contribution in [3.8, 4) is 0 Å². The molecule has 0 aromatic heterocycles. The first kappa shape index (κ1) is 16.7. The molecule has 1 aliphatic rings. The van der Waals surface area contributed by atoms with E-state index in [0.29, 0.717) is 12.5 Å². The summed E-state index contributed by atoms with van der Waals surface area (Å²) in [5, 5.41) is 12.7. The maximum absolute atomic E-state index is 11.9. The minimum atomic E-state index is -4.27. The monoisotopic (exact) mass is 283 g/mol. The Morgan fingerprint density at radius 1 is 1.21 bits per heavy atom. The van der Waals surface area contributed by atoms with Crippen molar-refractivity contribution < 1.29 is 23.0 Å². The van der Waals surface area contributed by atoms with Crippen LogP contribution in [0.3, 0.4) is 0 Å². The molecule has 0 bridgehead atoms. The first-order chi connectivity index (χ1) is 8.87. The number of hydrogen-bond donors (Lipinski definition) is 2. The predicted octanol–water partition coefficient (Wildman–Crippen LogP) is 2.49. The van der Waals surface area contributed by atoms with Crippen molar-refractivity contribution in [1.29, 1.82) is 0 Å². The Balaban J connectivity index is 2.27. The summed E-state index contributed by atoms with van der Waals surface area (Å²) in [5.41, 5.74) is -0.415. The summed E-state index contributed by atoms with van der Waals surface area (Å²) in [7, 11) is 0. The summed E-state index contributed by atoms with van der Waals surface area (Å²) in [4.78, 5) is 0. The van der Waals surface area contributed by atoms with Gasteiger partial charge in [0, 0.05) is 12.1 Å². The summed E-state index contributed by atoms with van der Waals surface area (Å²) >= 11 is 0. The molecule has 0 aromatic carbocycles. The molecule has 1 saturated carbocycles. The second-order valence-corrected chi connectivity index (χ2v) is 5.51. The lowest BCUT2D eigenvalue weighted by atomic mass is 9.76. The van der Waals surface area contributed by atoms with E-state index in [9.17, 15) is 18.3 Å². The molecular weight excluding hydrogens is 259 g/mol. The van der Waals surface area contributed by atoms with E-state index >= 15 is 0 Å². The highest BCUT2D eigenvalue weighted by Gasteiger charge is 2.34. The maximum Gasteiger partial charge on any atom is 0.411 e. The molecule has 2 N–H and O–H groups in total. The van der Waals surface area contributed by atoms with E-state index in [1.165, 1.54) is 6.42 Å². The van der Waals surface area contributed by atoms with Gasteiger partial charge in [-0.25, -0.2) is 0 Å². The average Bonchev–Trinajstić information content (AvgIpc) is 2.38. The fourth-order valence-corrected chi connectivity index (χ4v) is 2.67. The number of aliphatic hydroxyl groups excluding tert-OH is 1. The maximum atomic E-state index is 11.9. The third-order valence-corrected chi connectivity index (χ3v) is 3.88. The molecule has 0 saturated heterocycles. The standard InChI is InChI=1S/C13H24F3NO2/c1-12(9-18,11-5-3-2-4-6-11)17-7-8-19-10-13(14,15)16/h11,17-18H,2-10H2,1H3/t12-/m1/s1. The summed E-state index contributed by atoms with van der Waals surface area (Å²) in [5.74, 6) is 0.383. The molecule has 0 amide bonds. The first-order valence-corrected chi connectivity index (χ1v) is 6.88. The third kappa shape index (κ3) is 6.10. The zero-order valence-electron chi connectivity index (χ0n) is 11.4. The van der Waals surface area contributed by atoms with Crippen LogP contribution in [0.5, 0.6) is 0 Å². The van der Waals surface area contributed by atoms with Gasteiger partial charge in [-0.05, 0) is 25.7 Å². The molecular formula is C13H24F3NO2. The number of ether oxygens (including phenoxy) is 1. The van der Waals surface area contributed by atoms with E-state index in [-0.39, 0.29) is 13.2 Å². The van der Waals surface area contributed by atoms with Crippen LogP contribution in [0.15, 0.2) is 0 Å². The molecule has 0 heterocycles. The van der Waals surface area contributed by atoms with Crippen LogP contribution in [0.4, 0.5) is 13.2 Å². The van der Waals surface area contributed by atoms with Crippen molar-refractivity contribution in [2.24, 2.45) is 5.92 Å². The largest absolute Gasteiger partial charge is 0.411 e. The minimum absolute atomic E-state index is 0.00181. The minimum Gasteiger partial charge on any atom is -0.394 e. The SMILES string of the molecule is C[C@](CO)(NCCOCC(F)(F)F)C1CCCCC1. The highest BCUT2D eigenvalue weighted by atomic mass is 19.4. The van der Waals surface area contributed by atoms with Gasteiger partial charge in [0.2, 0.25) is 0 Å². The van der Waals surface area contributed by atoms with Crippen LogP contribution < -0.4 is 5.32 Å². The van der Waals surface area contributed by atoms with E-state index < -0.39 is 18.3 Å². The Hall–Kier alpha value is -0.330. The summed E-state index contributed by atoms with van der Waals surface area (Å²) < 4.78 is 40.2. The number of aliphatic hydroxyl groups is 1. The van der Waals surface area contributed by atoms with Gasteiger partial charge in [0.1, 0.15) is 6.61 Å². The first-order valence-electron chi connectivity index (χ1n) is 6.88. The van der Waals surface area contributed by atoms with Crippen LogP contribution in [-0.4, -0.2) is 43.2 Å². The molecule has 0 radical (unpaired) electrons. The van der Waals surface area contributed by atoms with Crippen molar-refractivity contribution in [3.63, 3.8) is 0 Å². The molecule has 1 aliphatic carbocycles. The average molecular weight is 283 g/mol. The van der Waals surface area contributed by atoms with Gasteiger partial charge in [0.25, 0.3) is 0 Å². The zero-order chi connectivity index (χ0) is 14.4. The van der Waals surface area contributed by atoms with Gasteiger partial charge < -0.3 is 15.2 Å². The number of alkyl halides is 3. The fourth-order valence-electron chi connectivity index (χ4n) is 2.67. The molecule has 0 spiro atoms. The van der Waals surface area contributed by atoms with Crippen molar-refractivity contribution >= 4 is 0 Å². The van der Waals surface area contributed by atoms with Gasteiger partial charge in [-0.3, -0.25) is 0 Å². The number of nitrogens with one attached hydrogen (secondary N) is 1. The third-order valence-electron chi connectivity index (χ3n) is 3.88. The second-order valence-electron chi connectivity index (χ2n) is 5.51. The Morgan fingerprint density at radius 3 is 2.37 bits per heavy atom. The number of halogens is 3. The van der Waals surface area contributed by atoms with E-state index in [0.717, 1.165) is 25.7 Å². The van der Waals surface area contributed by atoms with Gasteiger partial charge >= 0.3 is 6.18 Å². The van der Waals surface area contributed by atoms with Crippen molar-refractivity contribution in [3.05, 3.63) is 0 Å². The Kier molecular flexibility index (Phi) is 6.56. The molecule has 0 aliphatic heterocycles. The quantitative estimate of drug-likeness (QED) is 0.705. The van der Waals surface area contributed by atoms with Gasteiger partial charge in [-0.15, -0.1) is 0 Å². The lowest BCUT2D eigenvalue weighted by molar-refractivity contribution is -0.173. The predicted molar refractivity (Wildman–Crippen MR) is 66.9 cm³/mol. The van der Waals surface area contributed by atoms with Gasteiger partial charge in [0.15, 0.2) is 0 Å². The number of hydrogen-bond acceptors (Lipinski definition) is 3. The molecule has 0 aromatic rings. The highest BCUT2D eigenvalue weighted by Crippen LogP contribution is 2.32. The van der Waals surface area contributed by atoms with Crippen LogP contribution in [0.2, 0.25) is 0 Å². The molecule has 6 heteroatoms. The summed E-state index contributed by atoms with van der Waals surface area (Å²) in [6, 6.07) is 0.